The number of rotatable bonds is 7. The highest BCUT2D eigenvalue weighted by molar-refractivity contribution is 5.28. The van der Waals surface area contributed by atoms with E-state index in [1.165, 1.54) is 11.1 Å². The summed E-state index contributed by atoms with van der Waals surface area (Å²) in [6.07, 6.45) is 0.921. The van der Waals surface area contributed by atoms with Gasteiger partial charge in [-0.3, -0.25) is 4.90 Å². The third kappa shape index (κ3) is 4.51. The van der Waals surface area contributed by atoms with Gasteiger partial charge in [0.1, 0.15) is 0 Å². The molecule has 0 spiro atoms. The zero-order valence-electron chi connectivity index (χ0n) is 13.1. The number of aliphatic hydroxyl groups is 2. The van der Waals surface area contributed by atoms with Crippen LogP contribution in [0.4, 0.5) is 0 Å². The topological polar surface area (TPSA) is 55.7 Å². The van der Waals surface area contributed by atoms with Crippen molar-refractivity contribution in [3.8, 4) is 0 Å². The molecule has 1 aromatic rings. The zero-order chi connectivity index (χ0) is 15.2. The smallest absolute Gasteiger partial charge is 0.0938 e. The van der Waals surface area contributed by atoms with E-state index >= 15 is 0 Å². The van der Waals surface area contributed by atoms with Gasteiger partial charge in [-0.05, 0) is 37.4 Å². The monoisotopic (exact) mass is 292 g/mol. The average Bonchev–Trinajstić information content (AvgIpc) is 2.79. The molecule has 2 rings (SSSR count). The summed E-state index contributed by atoms with van der Waals surface area (Å²) in [7, 11) is 0. The second-order valence-corrected chi connectivity index (χ2v) is 6.05. The maximum absolute atomic E-state index is 9.63. The fourth-order valence-electron chi connectivity index (χ4n) is 3.01. The fourth-order valence-corrected chi connectivity index (χ4v) is 3.01. The Morgan fingerprint density at radius 3 is 2.52 bits per heavy atom. The lowest BCUT2D eigenvalue weighted by Crippen LogP contribution is -2.29. The summed E-state index contributed by atoms with van der Waals surface area (Å²) in [5.41, 5.74) is 2.67. The summed E-state index contributed by atoms with van der Waals surface area (Å²) < 4.78 is 0. The van der Waals surface area contributed by atoms with Crippen molar-refractivity contribution in [3.05, 3.63) is 35.4 Å². The SMILES string of the molecule is CCCNC(CCN1CC(O)C(O)C1)c1ccccc1C. The summed E-state index contributed by atoms with van der Waals surface area (Å²) in [6, 6.07) is 8.84. The van der Waals surface area contributed by atoms with E-state index in [1.54, 1.807) is 0 Å². The summed E-state index contributed by atoms with van der Waals surface area (Å²) in [5.74, 6) is 0. The van der Waals surface area contributed by atoms with Gasteiger partial charge in [-0.1, -0.05) is 31.2 Å². The van der Waals surface area contributed by atoms with Crippen molar-refractivity contribution in [2.24, 2.45) is 0 Å². The highest BCUT2D eigenvalue weighted by Crippen LogP contribution is 2.22. The van der Waals surface area contributed by atoms with Crippen LogP contribution in [0.2, 0.25) is 0 Å². The lowest BCUT2D eigenvalue weighted by atomic mass is 9.98. The van der Waals surface area contributed by atoms with Crippen LogP contribution < -0.4 is 5.32 Å². The van der Waals surface area contributed by atoms with Gasteiger partial charge in [-0.25, -0.2) is 0 Å². The Morgan fingerprint density at radius 1 is 1.24 bits per heavy atom. The Hall–Kier alpha value is -0.940. The van der Waals surface area contributed by atoms with Crippen LogP contribution in [0.15, 0.2) is 24.3 Å². The highest BCUT2D eigenvalue weighted by atomic mass is 16.3. The number of hydrogen-bond donors (Lipinski definition) is 3. The Balaban J connectivity index is 1.95. The minimum Gasteiger partial charge on any atom is -0.389 e. The predicted molar refractivity (Wildman–Crippen MR) is 85.3 cm³/mol. The van der Waals surface area contributed by atoms with Crippen LogP contribution >= 0.6 is 0 Å². The molecular weight excluding hydrogens is 264 g/mol. The van der Waals surface area contributed by atoms with Crippen molar-refractivity contribution in [2.75, 3.05) is 26.2 Å². The van der Waals surface area contributed by atoms with Gasteiger partial charge in [0.25, 0.3) is 0 Å². The number of likely N-dealkylation sites (tertiary alicyclic amines) is 1. The summed E-state index contributed by atoms with van der Waals surface area (Å²) in [5, 5.41) is 22.9. The third-order valence-electron chi connectivity index (χ3n) is 4.27. The summed E-state index contributed by atoms with van der Waals surface area (Å²) in [6.45, 7) is 7.38. The number of aryl methyl sites for hydroxylation is 1. The van der Waals surface area contributed by atoms with E-state index in [2.05, 4.69) is 48.3 Å². The van der Waals surface area contributed by atoms with Crippen molar-refractivity contribution < 1.29 is 10.2 Å². The second kappa shape index (κ2) is 7.90. The van der Waals surface area contributed by atoms with Gasteiger partial charge in [-0.2, -0.15) is 0 Å². The van der Waals surface area contributed by atoms with Crippen molar-refractivity contribution in [1.82, 2.24) is 10.2 Å². The number of benzene rings is 1. The molecule has 118 valence electrons. The van der Waals surface area contributed by atoms with Crippen LogP contribution in [0.3, 0.4) is 0 Å². The van der Waals surface area contributed by atoms with E-state index in [4.69, 9.17) is 0 Å². The Bertz CT molecular complexity index is 429. The van der Waals surface area contributed by atoms with E-state index in [0.717, 1.165) is 25.9 Å². The lowest BCUT2D eigenvalue weighted by molar-refractivity contribution is 0.0572. The van der Waals surface area contributed by atoms with E-state index in [0.29, 0.717) is 19.1 Å². The molecule has 3 unspecified atom stereocenters. The van der Waals surface area contributed by atoms with Gasteiger partial charge in [-0.15, -0.1) is 0 Å². The summed E-state index contributed by atoms with van der Waals surface area (Å²) in [4.78, 5) is 2.15. The molecule has 1 fully saturated rings. The van der Waals surface area contributed by atoms with Gasteiger partial charge in [0.05, 0.1) is 12.2 Å². The zero-order valence-corrected chi connectivity index (χ0v) is 13.1. The highest BCUT2D eigenvalue weighted by Gasteiger charge is 2.29. The molecule has 21 heavy (non-hydrogen) atoms. The van der Waals surface area contributed by atoms with Crippen LogP contribution in [0.5, 0.6) is 0 Å². The minimum atomic E-state index is -0.592. The molecule has 1 aromatic carbocycles. The molecule has 1 heterocycles. The first kappa shape index (κ1) is 16.4. The molecule has 1 aliphatic rings. The molecule has 0 aromatic heterocycles. The predicted octanol–water partition coefficient (Wildman–Crippen LogP) is 1.46. The quantitative estimate of drug-likeness (QED) is 0.712. The van der Waals surface area contributed by atoms with Crippen LogP contribution in [0, 0.1) is 6.92 Å². The molecule has 3 N–H and O–H groups in total. The number of nitrogens with one attached hydrogen (secondary N) is 1. The molecule has 0 bridgehead atoms. The van der Waals surface area contributed by atoms with Gasteiger partial charge in [0.15, 0.2) is 0 Å². The van der Waals surface area contributed by atoms with Crippen molar-refractivity contribution in [2.45, 2.75) is 44.9 Å². The molecule has 0 radical (unpaired) electrons. The first-order chi connectivity index (χ1) is 10.1. The molecule has 0 aliphatic carbocycles. The van der Waals surface area contributed by atoms with Gasteiger partial charge >= 0.3 is 0 Å². The molecule has 3 atom stereocenters. The molecular formula is C17H28N2O2. The van der Waals surface area contributed by atoms with E-state index in [-0.39, 0.29) is 0 Å². The number of aliphatic hydroxyl groups excluding tert-OH is 2. The molecule has 1 saturated heterocycles. The number of hydrogen-bond acceptors (Lipinski definition) is 4. The van der Waals surface area contributed by atoms with Gasteiger partial charge in [0.2, 0.25) is 0 Å². The van der Waals surface area contributed by atoms with Crippen LogP contribution in [0.1, 0.15) is 36.9 Å². The Labute approximate surface area is 127 Å². The van der Waals surface area contributed by atoms with Crippen molar-refractivity contribution in [3.63, 3.8) is 0 Å². The van der Waals surface area contributed by atoms with E-state index < -0.39 is 12.2 Å². The number of β-amino-alcohol motifs (C(OH)–C–C–N with tert-alkyl or cyclic N) is 2. The first-order valence-electron chi connectivity index (χ1n) is 7.99. The average molecular weight is 292 g/mol. The minimum absolute atomic E-state index is 0.334. The van der Waals surface area contributed by atoms with Crippen molar-refractivity contribution in [1.29, 1.82) is 0 Å². The largest absolute Gasteiger partial charge is 0.389 e. The summed E-state index contributed by atoms with van der Waals surface area (Å²) >= 11 is 0. The Morgan fingerprint density at radius 2 is 1.90 bits per heavy atom. The molecule has 4 heteroatoms. The normalized spacial score (nSPS) is 24.4. The van der Waals surface area contributed by atoms with E-state index in [1.807, 2.05) is 0 Å². The maximum atomic E-state index is 9.63. The maximum Gasteiger partial charge on any atom is 0.0938 e. The Kier molecular flexibility index (Phi) is 6.18. The fraction of sp³-hybridized carbons (Fsp3) is 0.647. The standard InChI is InChI=1S/C17H28N2O2/c1-3-9-18-15(14-7-5-4-6-13(14)2)8-10-19-11-16(20)17(21)12-19/h4-7,15-18,20-21H,3,8-12H2,1-2H3. The van der Waals surface area contributed by atoms with Crippen LogP contribution in [-0.4, -0.2) is 53.5 Å². The van der Waals surface area contributed by atoms with Crippen molar-refractivity contribution >= 4 is 0 Å². The number of nitrogens with zero attached hydrogens (tertiary/aromatic N) is 1. The third-order valence-corrected chi connectivity index (χ3v) is 4.27. The lowest BCUT2D eigenvalue weighted by Gasteiger charge is -2.24. The van der Waals surface area contributed by atoms with Crippen LogP contribution in [-0.2, 0) is 0 Å². The molecule has 0 amide bonds. The van der Waals surface area contributed by atoms with Gasteiger partial charge in [0, 0.05) is 25.7 Å². The van der Waals surface area contributed by atoms with E-state index in [9.17, 15) is 10.2 Å². The van der Waals surface area contributed by atoms with Crippen LogP contribution in [0.25, 0.3) is 0 Å². The molecule has 4 nitrogen and oxygen atoms in total. The molecule has 0 saturated carbocycles. The second-order valence-electron chi connectivity index (χ2n) is 6.05. The molecule has 1 aliphatic heterocycles. The first-order valence-corrected chi connectivity index (χ1v) is 7.99. The van der Waals surface area contributed by atoms with Gasteiger partial charge < -0.3 is 15.5 Å².